The van der Waals surface area contributed by atoms with Crippen molar-refractivity contribution in [1.82, 2.24) is 0 Å². The van der Waals surface area contributed by atoms with Crippen LogP contribution in [0, 0.1) is 0 Å². The van der Waals surface area contributed by atoms with Crippen molar-refractivity contribution in [2.24, 2.45) is 5.73 Å². The summed E-state index contributed by atoms with van der Waals surface area (Å²) in [6, 6.07) is 12.2. The maximum absolute atomic E-state index is 13.6. The van der Waals surface area contributed by atoms with Crippen LogP contribution >= 0.6 is 11.8 Å². The zero-order valence-electron chi connectivity index (χ0n) is 17.2. The van der Waals surface area contributed by atoms with Crippen molar-refractivity contribution in [2.45, 2.75) is 48.2 Å². The van der Waals surface area contributed by atoms with E-state index in [2.05, 4.69) is 12.1 Å². The van der Waals surface area contributed by atoms with Crippen molar-refractivity contribution in [3.8, 4) is 5.75 Å². The number of aryl methyl sites for hydroxylation is 1. The van der Waals surface area contributed by atoms with E-state index in [4.69, 9.17) is 10.5 Å². The lowest BCUT2D eigenvalue weighted by Crippen LogP contribution is -2.47. The molecular weight excluding hydrogens is 427 g/mol. The van der Waals surface area contributed by atoms with Gasteiger partial charge in [0.25, 0.3) is 0 Å². The quantitative estimate of drug-likeness (QED) is 0.464. The number of rotatable bonds is 10. The molecule has 1 unspecified atom stereocenters. The van der Waals surface area contributed by atoms with E-state index in [0.29, 0.717) is 17.9 Å². The van der Waals surface area contributed by atoms with Gasteiger partial charge in [0.15, 0.2) is 0 Å². The Kier molecular flexibility index (Phi) is 7.91. The van der Waals surface area contributed by atoms with Crippen LogP contribution < -0.4 is 10.5 Å². The summed E-state index contributed by atoms with van der Waals surface area (Å²) < 4.78 is 46.2. The second-order valence-electron chi connectivity index (χ2n) is 8.04. The first-order valence-electron chi connectivity index (χ1n) is 10.3. The molecule has 2 aromatic carbocycles. The highest BCUT2D eigenvalue weighted by Gasteiger charge is 2.35. The number of hydrogen-bond donors (Lipinski definition) is 3. The van der Waals surface area contributed by atoms with E-state index in [0.717, 1.165) is 18.2 Å². The molecule has 0 aliphatic carbocycles. The molecular formula is C23H28F3NO3S. The minimum Gasteiger partial charge on any atom is -0.493 e. The first-order chi connectivity index (χ1) is 14.8. The number of halogens is 3. The average Bonchev–Trinajstić information content (AvgIpc) is 3.18. The van der Waals surface area contributed by atoms with Crippen LogP contribution in [0.25, 0.3) is 0 Å². The molecule has 0 spiro atoms. The van der Waals surface area contributed by atoms with Crippen LogP contribution in [0.4, 0.5) is 13.2 Å². The number of fused-ring (bicyclic) bond motifs is 1. The van der Waals surface area contributed by atoms with Crippen LogP contribution in [-0.2, 0) is 12.6 Å². The molecule has 0 fully saturated rings. The van der Waals surface area contributed by atoms with E-state index < -0.39 is 30.5 Å². The molecule has 0 bridgehead atoms. The Morgan fingerprint density at radius 1 is 1.10 bits per heavy atom. The first kappa shape index (κ1) is 23.9. The smallest absolute Gasteiger partial charge is 0.419 e. The van der Waals surface area contributed by atoms with Crippen LogP contribution in [0.5, 0.6) is 5.75 Å². The maximum Gasteiger partial charge on any atom is 0.419 e. The van der Waals surface area contributed by atoms with Gasteiger partial charge >= 0.3 is 6.18 Å². The second-order valence-corrected chi connectivity index (χ2v) is 9.11. The van der Waals surface area contributed by atoms with Crippen molar-refractivity contribution >= 4 is 11.8 Å². The minimum absolute atomic E-state index is 0.165. The molecule has 1 aliphatic rings. The summed E-state index contributed by atoms with van der Waals surface area (Å²) in [4.78, 5) is 1.28. The summed E-state index contributed by atoms with van der Waals surface area (Å²) in [7, 11) is 0. The monoisotopic (exact) mass is 455 g/mol. The minimum atomic E-state index is -4.54. The van der Waals surface area contributed by atoms with Gasteiger partial charge in [0.1, 0.15) is 5.75 Å². The lowest BCUT2D eigenvalue weighted by atomic mass is 9.93. The summed E-state index contributed by atoms with van der Waals surface area (Å²) in [5.74, 6) is 1.22. The number of nitrogens with two attached hydrogens (primary N) is 1. The lowest BCUT2D eigenvalue weighted by Gasteiger charge is -2.24. The van der Waals surface area contributed by atoms with Gasteiger partial charge in [0, 0.05) is 10.6 Å². The van der Waals surface area contributed by atoms with Gasteiger partial charge in [-0.25, -0.2) is 0 Å². The van der Waals surface area contributed by atoms with E-state index in [1.54, 1.807) is 6.07 Å². The number of hydrogen-bond acceptors (Lipinski definition) is 5. The average molecular weight is 456 g/mol. The molecule has 1 atom stereocenters. The van der Waals surface area contributed by atoms with Gasteiger partial charge < -0.3 is 20.7 Å². The van der Waals surface area contributed by atoms with Gasteiger partial charge in [-0.1, -0.05) is 24.3 Å². The Balaban J connectivity index is 1.59. The van der Waals surface area contributed by atoms with E-state index >= 15 is 0 Å². The molecule has 4 nitrogen and oxygen atoms in total. The SMILES string of the molecule is NC(CO)(CO)CCc1ccc(OCCCC2CSc3ccccc32)c(C(F)(F)F)c1. The van der Waals surface area contributed by atoms with Crippen molar-refractivity contribution in [1.29, 1.82) is 0 Å². The molecule has 2 aromatic rings. The molecule has 170 valence electrons. The third kappa shape index (κ3) is 6.16. The number of aliphatic hydroxyl groups is 2. The summed E-state index contributed by atoms with van der Waals surface area (Å²) in [6.45, 7) is -0.672. The number of alkyl halides is 3. The molecule has 0 saturated carbocycles. The lowest BCUT2D eigenvalue weighted by molar-refractivity contribution is -0.139. The van der Waals surface area contributed by atoms with Gasteiger partial charge in [-0.05, 0) is 60.9 Å². The predicted octanol–water partition coefficient (Wildman–Crippen LogP) is 4.37. The topological polar surface area (TPSA) is 75.7 Å². The Morgan fingerprint density at radius 3 is 2.55 bits per heavy atom. The largest absolute Gasteiger partial charge is 0.493 e. The highest BCUT2D eigenvalue weighted by atomic mass is 32.2. The normalized spacial score (nSPS) is 16.4. The first-order valence-corrected chi connectivity index (χ1v) is 11.3. The fourth-order valence-electron chi connectivity index (χ4n) is 3.66. The zero-order chi connectivity index (χ0) is 22.5. The van der Waals surface area contributed by atoms with Crippen molar-refractivity contribution in [3.05, 3.63) is 59.2 Å². The molecule has 0 amide bonds. The molecule has 0 saturated heterocycles. The predicted molar refractivity (Wildman–Crippen MR) is 115 cm³/mol. The maximum atomic E-state index is 13.6. The van der Waals surface area contributed by atoms with Gasteiger partial charge in [0.2, 0.25) is 0 Å². The second kappa shape index (κ2) is 10.3. The van der Waals surface area contributed by atoms with Gasteiger partial charge in [-0.3, -0.25) is 0 Å². The Hall–Kier alpha value is -1.74. The van der Waals surface area contributed by atoms with E-state index in [1.165, 1.54) is 16.5 Å². The Labute approximate surface area is 184 Å². The molecule has 1 aliphatic heterocycles. The fraction of sp³-hybridized carbons (Fsp3) is 0.478. The van der Waals surface area contributed by atoms with Gasteiger partial charge in [-0.15, -0.1) is 11.8 Å². The number of ether oxygens (including phenoxy) is 1. The van der Waals surface area contributed by atoms with Crippen LogP contribution in [-0.4, -0.2) is 41.3 Å². The van der Waals surface area contributed by atoms with E-state index in [-0.39, 0.29) is 25.2 Å². The molecule has 0 radical (unpaired) electrons. The number of benzene rings is 2. The van der Waals surface area contributed by atoms with Crippen LogP contribution in [0.1, 0.15) is 41.9 Å². The molecule has 8 heteroatoms. The molecule has 0 aromatic heterocycles. The third-order valence-corrected chi connectivity index (χ3v) is 6.90. The molecule has 31 heavy (non-hydrogen) atoms. The molecule has 1 heterocycles. The van der Waals surface area contributed by atoms with Crippen molar-refractivity contribution in [2.75, 3.05) is 25.6 Å². The fourth-order valence-corrected chi connectivity index (χ4v) is 4.96. The van der Waals surface area contributed by atoms with Gasteiger partial charge in [-0.2, -0.15) is 13.2 Å². The number of thioether (sulfide) groups is 1. The third-order valence-electron chi connectivity index (χ3n) is 5.64. The van der Waals surface area contributed by atoms with Crippen molar-refractivity contribution in [3.63, 3.8) is 0 Å². The van der Waals surface area contributed by atoms with E-state index in [9.17, 15) is 23.4 Å². The highest BCUT2D eigenvalue weighted by molar-refractivity contribution is 7.99. The van der Waals surface area contributed by atoms with Crippen LogP contribution in [0.15, 0.2) is 47.4 Å². The van der Waals surface area contributed by atoms with Gasteiger partial charge in [0.05, 0.1) is 30.9 Å². The molecule has 3 rings (SSSR count). The summed E-state index contributed by atoms with van der Waals surface area (Å²) in [6.07, 6.45) is -2.64. The van der Waals surface area contributed by atoms with E-state index in [1.807, 2.05) is 23.9 Å². The summed E-state index contributed by atoms with van der Waals surface area (Å²) in [5, 5.41) is 18.5. The summed E-state index contributed by atoms with van der Waals surface area (Å²) >= 11 is 1.82. The standard InChI is InChI=1S/C23H28F3NO3S/c24-23(25,26)19-12-16(9-10-22(27,14-28)15-29)7-8-20(19)30-11-3-4-17-13-31-21-6-2-1-5-18(17)21/h1-2,5-8,12,17,28-29H,3-4,9-11,13-15,27H2. The Morgan fingerprint density at radius 2 is 1.84 bits per heavy atom. The Bertz CT molecular complexity index is 871. The van der Waals surface area contributed by atoms with Crippen molar-refractivity contribution < 1.29 is 28.1 Å². The zero-order valence-corrected chi connectivity index (χ0v) is 18.0. The summed E-state index contributed by atoms with van der Waals surface area (Å²) in [5.41, 5.74) is 5.52. The highest BCUT2D eigenvalue weighted by Crippen LogP contribution is 2.42. The van der Waals surface area contributed by atoms with Crippen LogP contribution in [0.2, 0.25) is 0 Å². The number of aliphatic hydroxyl groups excluding tert-OH is 2. The molecule has 4 N–H and O–H groups in total. The van der Waals surface area contributed by atoms with Crippen LogP contribution in [0.3, 0.4) is 0 Å².